The van der Waals surface area contributed by atoms with Crippen LogP contribution in [0.3, 0.4) is 0 Å². The van der Waals surface area contributed by atoms with Crippen LogP contribution >= 0.6 is 11.8 Å². The van der Waals surface area contributed by atoms with Crippen LogP contribution < -0.4 is 5.32 Å². The fourth-order valence-electron chi connectivity index (χ4n) is 4.15. The number of carbonyl (C=O) groups is 3. The van der Waals surface area contributed by atoms with Crippen molar-refractivity contribution in [3.63, 3.8) is 0 Å². The number of nitrogens with zero attached hydrogens (tertiary/aromatic N) is 2. The number of aliphatic hydroxyl groups is 1. The summed E-state index contributed by atoms with van der Waals surface area (Å²) in [6, 6.07) is -0.568. The maximum Gasteiger partial charge on any atom is 0.353 e. The fourth-order valence-corrected chi connectivity index (χ4v) is 5.63. The molecule has 3 heterocycles. The summed E-state index contributed by atoms with van der Waals surface area (Å²) in [7, 11) is 3.42. The van der Waals surface area contributed by atoms with E-state index in [0.29, 0.717) is 17.9 Å². The van der Waals surface area contributed by atoms with Crippen LogP contribution in [0.4, 0.5) is 0 Å². The van der Waals surface area contributed by atoms with Gasteiger partial charge in [-0.15, -0.1) is 11.8 Å². The van der Waals surface area contributed by atoms with Crippen molar-refractivity contribution < 1.29 is 24.6 Å². The third-order valence-corrected chi connectivity index (χ3v) is 6.95. The maximum absolute atomic E-state index is 12.3. The monoisotopic (exact) mass is 383 g/mol. The maximum atomic E-state index is 12.3. The molecule has 9 heteroatoms. The minimum absolute atomic E-state index is 0.00757. The van der Waals surface area contributed by atoms with Crippen LogP contribution in [-0.4, -0.2) is 81.9 Å². The Hall–Kier alpha value is -1.58. The second-order valence-corrected chi connectivity index (χ2v) is 8.78. The van der Waals surface area contributed by atoms with E-state index in [2.05, 4.69) is 5.32 Å². The largest absolute Gasteiger partial charge is 0.477 e. The van der Waals surface area contributed by atoms with Crippen molar-refractivity contribution in [3.8, 4) is 0 Å². The Morgan fingerprint density at radius 1 is 1.38 bits per heavy atom. The van der Waals surface area contributed by atoms with Gasteiger partial charge in [0, 0.05) is 36.7 Å². The molecule has 0 aromatic carbocycles. The van der Waals surface area contributed by atoms with Gasteiger partial charge in [-0.1, -0.05) is 6.92 Å². The van der Waals surface area contributed by atoms with E-state index in [1.165, 1.54) is 16.7 Å². The molecule has 26 heavy (non-hydrogen) atoms. The number of amides is 2. The van der Waals surface area contributed by atoms with Crippen LogP contribution in [0.25, 0.3) is 0 Å². The van der Waals surface area contributed by atoms with Crippen LogP contribution in [0, 0.1) is 11.8 Å². The van der Waals surface area contributed by atoms with Gasteiger partial charge in [0.25, 0.3) is 0 Å². The van der Waals surface area contributed by atoms with Crippen LogP contribution in [0.15, 0.2) is 10.6 Å². The molecule has 0 unspecified atom stereocenters. The lowest BCUT2D eigenvalue weighted by Gasteiger charge is -2.46. The van der Waals surface area contributed by atoms with Crippen LogP contribution in [0.2, 0.25) is 0 Å². The SMILES string of the molecule is C[C@H](O)[C@@H]1C(=O)N2C(C(=O)O)=C(S[C@@H]3CN[C@@H](C(=O)N(C)C)C3)[C@@H](C)[C@H]12. The van der Waals surface area contributed by atoms with Gasteiger partial charge in [0.05, 0.1) is 24.1 Å². The molecule has 8 nitrogen and oxygen atoms in total. The van der Waals surface area contributed by atoms with Gasteiger partial charge < -0.3 is 25.3 Å². The van der Waals surface area contributed by atoms with E-state index in [1.54, 1.807) is 25.9 Å². The zero-order valence-electron chi connectivity index (χ0n) is 15.3. The lowest BCUT2D eigenvalue weighted by atomic mass is 9.79. The highest BCUT2D eigenvalue weighted by atomic mass is 32.2. The number of thioether (sulfide) groups is 1. The average molecular weight is 383 g/mol. The minimum Gasteiger partial charge on any atom is -0.477 e. The highest BCUT2D eigenvalue weighted by Crippen LogP contribution is 2.51. The highest BCUT2D eigenvalue weighted by molar-refractivity contribution is 8.03. The van der Waals surface area contributed by atoms with Crippen LogP contribution in [0.5, 0.6) is 0 Å². The molecule has 0 bridgehead atoms. The zero-order valence-corrected chi connectivity index (χ0v) is 16.1. The molecule has 3 rings (SSSR count). The molecule has 0 aromatic heterocycles. The first-order valence-corrected chi connectivity index (χ1v) is 9.62. The number of carboxylic acids is 1. The Kier molecular flexibility index (Phi) is 5.06. The summed E-state index contributed by atoms with van der Waals surface area (Å²) in [5.41, 5.74) is 0.0387. The van der Waals surface area contributed by atoms with Crippen molar-refractivity contribution in [2.24, 2.45) is 11.8 Å². The third kappa shape index (κ3) is 2.91. The van der Waals surface area contributed by atoms with E-state index in [-0.39, 0.29) is 40.8 Å². The third-order valence-electron chi connectivity index (χ3n) is 5.43. The molecule has 3 N–H and O–H groups in total. The van der Waals surface area contributed by atoms with E-state index in [0.717, 1.165) is 0 Å². The second kappa shape index (κ2) is 6.86. The van der Waals surface area contributed by atoms with Crippen molar-refractivity contribution in [1.29, 1.82) is 0 Å². The Bertz CT molecular complexity index is 677. The van der Waals surface area contributed by atoms with Gasteiger partial charge in [0.15, 0.2) is 0 Å². The molecule has 3 aliphatic heterocycles. The summed E-state index contributed by atoms with van der Waals surface area (Å²) in [4.78, 5) is 39.8. The number of rotatable bonds is 5. The molecule has 2 amide bonds. The normalized spacial score (nSPS) is 34.6. The van der Waals surface area contributed by atoms with Crippen LogP contribution in [-0.2, 0) is 14.4 Å². The predicted molar refractivity (Wildman–Crippen MR) is 96.1 cm³/mol. The zero-order chi connectivity index (χ0) is 19.3. The van der Waals surface area contributed by atoms with Gasteiger partial charge in [0.1, 0.15) is 5.70 Å². The number of hydrogen-bond acceptors (Lipinski definition) is 6. The summed E-state index contributed by atoms with van der Waals surface area (Å²) in [5.74, 6) is -2.14. The average Bonchev–Trinajstić information content (AvgIpc) is 3.09. The standard InChI is InChI=1S/C17H25N3O5S/c1-7-12-11(8(2)21)16(23)20(12)13(17(24)25)14(7)26-9-5-10(18-6-9)15(22)19(3)4/h7-12,18,21H,5-6H2,1-4H3,(H,24,25)/t7-,8-,9-,10+,11-,12+/m0/s1. The first-order valence-electron chi connectivity index (χ1n) is 8.75. The number of likely N-dealkylation sites (N-methyl/N-ethyl adjacent to an activating group) is 1. The van der Waals surface area contributed by atoms with Crippen molar-refractivity contribution in [3.05, 3.63) is 10.6 Å². The first-order chi connectivity index (χ1) is 12.1. The molecule has 0 aromatic rings. The molecule has 2 saturated heterocycles. The highest BCUT2D eigenvalue weighted by Gasteiger charge is 2.60. The minimum atomic E-state index is -1.12. The van der Waals surface area contributed by atoms with E-state index < -0.39 is 18.0 Å². The smallest absolute Gasteiger partial charge is 0.353 e. The van der Waals surface area contributed by atoms with Gasteiger partial charge in [0.2, 0.25) is 11.8 Å². The van der Waals surface area contributed by atoms with Crippen molar-refractivity contribution in [2.75, 3.05) is 20.6 Å². The molecule has 0 spiro atoms. The summed E-state index contributed by atoms with van der Waals surface area (Å²) in [5, 5.41) is 22.8. The Labute approximate surface area is 156 Å². The molecule has 3 aliphatic rings. The molecule has 6 atom stereocenters. The van der Waals surface area contributed by atoms with Gasteiger partial charge in [-0.25, -0.2) is 4.79 Å². The number of hydrogen-bond donors (Lipinski definition) is 3. The number of β-lactam (4-membered cyclic amide) rings is 1. The molecule has 2 fully saturated rings. The summed E-state index contributed by atoms with van der Waals surface area (Å²) < 4.78 is 0. The number of carbonyl (C=O) groups excluding carboxylic acids is 2. The van der Waals surface area contributed by atoms with E-state index in [4.69, 9.17) is 0 Å². The summed E-state index contributed by atoms with van der Waals surface area (Å²) >= 11 is 1.45. The second-order valence-electron chi connectivity index (χ2n) is 7.44. The lowest BCUT2D eigenvalue weighted by molar-refractivity contribution is -0.163. The Balaban J connectivity index is 1.78. The lowest BCUT2D eigenvalue weighted by Crippen LogP contribution is -2.63. The molecular formula is C17H25N3O5S. The quantitative estimate of drug-likeness (QED) is 0.559. The van der Waals surface area contributed by atoms with E-state index in [1.807, 2.05) is 6.92 Å². The topological polar surface area (TPSA) is 110 Å². The van der Waals surface area contributed by atoms with E-state index >= 15 is 0 Å². The van der Waals surface area contributed by atoms with Gasteiger partial charge in [-0.2, -0.15) is 0 Å². The van der Waals surface area contributed by atoms with Gasteiger partial charge in [-0.3, -0.25) is 9.59 Å². The number of aliphatic carboxylic acids is 1. The summed E-state index contributed by atoms with van der Waals surface area (Å²) in [6.45, 7) is 4.08. The fraction of sp³-hybridized carbons (Fsp3) is 0.706. The molecule has 0 saturated carbocycles. The molecular weight excluding hydrogens is 358 g/mol. The molecule has 0 aliphatic carbocycles. The van der Waals surface area contributed by atoms with E-state index in [9.17, 15) is 24.6 Å². The number of nitrogens with one attached hydrogen (secondary N) is 1. The van der Waals surface area contributed by atoms with Crippen molar-refractivity contribution >= 4 is 29.5 Å². The Morgan fingerprint density at radius 3 is 2.58 bits per heavy atom. The van der Waals surface area contributed by atoms with Gasteiger partial charge >= 0.3 is 5.97 Å². The molecule has 144 valence electrons. The summed E-state index contributed by atoms with van der Waals surface area (Å²) in [6.07, 6.45) is -0.190. The number of fused-ring (bicyclic) bond motifs is 1. The van der Waals surface area contributed by atoms with Crippen molar-refractivity contribution in [1.82, 2.24) is 15.1 Å². The number of carboxylic acid groups (broad SMARTS) is 1. The number of aliphatic hydroxyl groups excluding tert-OH is 1. The predicted octanol–water partition coefficient (Wildman–Crippen LogP) is -0.308. The van der Waals surface area contributed by atoms with Gasteiger partial charge in [-0.05, 0) is 13.3 Å². The van der Waals surface area contributed by atoms with Crippen molar-refractivity contribution in [2.45, 2.75) is 43.7 Å². The molecule has 0 radical (unpaired) electrons. The Morgan fingerprint density at radius 2 is 2.04 bits per heavy atom. The first kappa shape index (κ1) is 19.2. The van der Waals surface area contributed by atoms with Crippen LogP contribution in [0.1, 0.15) is 20.3 Å².